The zero-order valence-electron chi connectivity index (χ0n) is 11.2. The van der Waals surface area contributed by atoms with Gasteiger partial charge in [-0.25, -0.2) is 0 Å². The Hall–Kier alpha value is -1.92. The Bertz CT molecular complexity index is 780. The van der Waals surface area contributed by atoms with E-state index in [-0.39, 0.29) is 5.91 Å². The number of carbonyl (C=O) groups excluding carboxylic acids is 1. The van der Waals surface area contributed by atoms with Crippen molar-refractivity contribution in [3.8, 4) is 10.6 Å². The molecule has 0 aliphatic heterocycles. The van der Waals surface area contributed by atoms with Crippen LogP contribution in [0.3, 0.4) is 0 Å². The number of thiophene rings is 1. The number of aromatic nitrogens is 2. The molecule has 2 heterocycles. The number of hydrogen-bond acceptors (Lipinski definition) is 3. The molecule has 0 radical (unpaired) electrons. The van der Waals surface area contributed by atoms with Crippen molar-refractivity contribution < 1.29 is 4.79 Å². The van der Waals surface area contributed by atoms with Crippen LogP contribution in [0, 0.1) is 6.92 Å². The van der Waals surface area contributed by atoms with Gasteiger partial charge in [-0.3, -0.25) is 9.89 Å². The number of H-pyrrole nitrogens is 1. The number of aromatic amines is 1. The molecule has 0 bridgehead atoms. The number of hydrogen-bond donors (Lipinski definition) is 2. The Balaban J connectivity index is 1.78. The number of aryl methyl sites for hydroxylation is 1. The quantitative estimate of drug-likeness (QED) is 0.723. The highest BCUT2D eigenvalue weighted by Crippen LogP contribution is 2.24. The monoisotopic (exact) mass is 361 g/mol. The minimum atomic E-state index is -0.226. The van der Waals surface area contributed by atoms with Crippen LogP contribution in [0.5, 0.6) is 0 Å². The number of nitrogens with zero attached hydrogens (tertiary/aromatic N) is 1. The van der Waals surface area contributed by atoms with Gasteiger partial charge >= 0.3 is 0 Å². The van der Waals surface area contributed by atoms with E-state index in [0.717, 1.165) is 26.3 Å². The predicted molar refractivity (Wildman–Crippen MR) is 88.7 cm³/mol. The number of anilines is 1. The maximum atomic E-state index is 12.2. The molecular weight excluding hydrogens is 350 g/mol. The van der Waals surface area contributed by atoms with Crippen LogP contribution in [0.2, 0.25) is 0 Å². The molecule has 106 valence electrons. The lowest BCUT2D eigenvalue weighted by Gasteiger charge is -2.05. The normalized spacial score (nSPS) is 10.6. The third-order valence-electron chi connectivity index (χ3n) is 3.01. The molecule has 2 N–H and O–H groups in total. The summed E-state index contributed by atoms with van der Waals surface area (Å²) in [7, 11) is 0. The number of carbonyl (C=O) groups is 1. The molecule has 0 saturated carbocycles. The molecule has 4 nitrogen and oxygen atoms in total. The van der Waals surface area contributed by atoms with Gasteiger partial charge in [-0.2, -0.15) is 5.10 Å². The van der Waals surface area contributed by atoms with Crippen molar-refractivity contribution in [2.45, 2.75) is 6.92 Å². The zero-order chi connectivity index (χ0) is 14.8. The van der Waals surface area contributed by atoms with Crippen LogP contribution in [0.15, 0.2) is 46.3 Å². The number of nitrogens with one attached hydrogen (secondary N) is 2. The number of rotatable bonds is 3. The fourth-order valence-electron chi connectivity index (χ4n) is 1.91. The van der Waals surface area contributed by atoms with Crippen LogP contribution in [-0.4, -0.2) is 16.1 Å². The van der Waals surface area contributed by atoms with Gasteiger partial charge < -0.3 is 5.32 Å². The average molecular weight is 362 g/mol. The molecular formula is C15H12BrN3OS. The van der Waals surface area contributed by atoms with E-state index in [1.54, 1.807) is 17.4 Å². The lowest BCUT2D eigenvalue weighted by Crippen LogP contribution is -2.12. The lowest BCUT2D eigenvalue weighted by molar-refractivity contribution is 0.102. The third-order valence-corrected chi connectivity index (χ3v) is 4.81. The molecule has 0 aliphatic rings. The summed E-state index contributed by atoms with van der Waals surface area (Å²) in [6.45, 7) is 1.98. The Morgan fingerprint density at radius 1 is 1.33 bits per heavy atom. The first-order valence-corrected chi connectivity index (χ1v) is 7.97. The fraction of sp³-hybridized carbons (Fsp3) is 0.0667. The van der Waals surface area contributed by atoms with Crippen molar-refractivity contribution in [1.29, 1.82) is 0 Å². The maximum Gasteiger partial charge on any atom is 0.276 e. The molecule has 0 aliphatic carbocycles. The van der Waals surface area contributed by atoms with Gasteiger partial charge in [-0.15, -0.1) is 11.3 Å². The molecule has 3 aromatic rings. The highest BCUT2D eigenvalue weighted by Gasteiger charge is 2.12. The van der Waals surface area contributed by atoms with Gasteiger partial charge in [-0.05, 0) is 48.2 Å². The van der Waals surface area contributed by atoms with E-state index in [9.17, 15) is 4.79 Å². The van der Waals surface area contributed by atoms with Crippen molar-refractivity contribution in [3.63, 3.8) is 0 Å². The molecule has 1 amide bonds. The van der Waals surface area contributed by atoms with E-state index in [1.807, 2.05) is 42.6 Å². The molecule has 0 spiro atoms. The van der Waals surface area contributed by atoms with Crippen LogP contribution >= 0.6 is 27.3 Å². The third kappa shape index (κ3) is 3.06. The zero-order valence-corrected chi connectivity index (χ0v) is 13.6. The summed E-state index contributed by atoms with van der Waals surface area (Å²) in [5.74, 6) is -0.226. The van der Waals surface area contributed by atoms with Crippen LogP contribution in [0.25, 0.3) is 10.6 Å². The van der Waals surface area contributed by atoms with Crippen molar-refractivity contribution in [3.05, 3.63) is 57.5 Å². The predicted octanol–water partition coefficient (Wildman–Crippen LogP) is 4.46. The van der Waals surface area contributed by atoms with E-state index < -0.39 is 0 Å². The van der Waals surface area contributed by atoms with Gasteiger partial charge in [0.05, 0.1) is 10.6 Å². The molecule has 0 saturated heterocycles. The molecule has 3 rings (SSSR count). The minimum Gasteiger partial charge on any atom is -0.321 e. The summed E-state index contributed by atoms with van der Waals surface area (Å²) >= 11 is 5.04. The molecule has 6 heteroatoms. The first kappa shape index (κ1) is 14.0. The topological polar surface area (TPSA) is 57.8 Å². The van der Waals surface area contributed by atoms with E-state index in [4.69, 9.17) is 0 Å². The van der Waals surface area contributed by atoms with Crippen molar-refractivity contribution in [2.75, 3.05) is 5.32 Å². The summed E-state index contributed by atoms with van der Waals surface area (Å²) < 4.78 is 1.01. The van der Waals surface area contributed by atoms with E-state index in [0.29, 0.717) is 5.69 Å². The van der Waals surface area contributed by atoms with Gasteiger partial charge in [0.1, 0.15) is 0 Å². The van der Waals surface area contributed by atoms with Crippen molar-refractivity contribution >= 4 is 38.9 Å². The molecule has 2 aromatic heterocycles. The minimum absolute atomic E-state index is 0.226. The summed E-state index contributed by atoms with van der Waals surface area (Å²) in [5.41, 5.74) is 3.04. The summed E-state index contributed by atoms with van der Waals surface area (Å²) in [6, 6.07) is 11.4. The Labute approximate surface area is 134 Å². The first-order valence-electron chi connectivity index (χ1n) is 6.30. The second-order valence-corrected chi connectivity index (χ2v) is 6.36. The maximum absolute atomic E-state index is 12.2. The Morgan fingerprint density at radius 3 is 2.90 bits per heavy atom. The number of halogens is 1. The highest BCUT2D eigenvalue weighted by atomic mass is 79.9. The van der Waals surface area contributed by atoms with Crippen LogP contribution in [-0.2, 0) is 0 Å². The van der Waals surface area contributed by atoms with E-state index in [1.165, 1.54) is 0 Å². The lowest BCUT2D eigenvalue weighted by atomic mass is 10.2. The fourth-order valence-corrected chi connectivity index (χ4v) is 2.85. The van der Waals surface area contributed by atoms with Crippen LogP contribution in [0.1, 0.15) is 16.1 Å². The van der Waals surface area contributed by atoms with Gasteiger partial charge in [0.15, 0.2) is 5.69 Å². The second kappa shape index (κ2) is 5.83. The summed E-state index contributed by atoms with van der Waals surface area (Å²) in [6.07, 6.45) is 0. The van der Waals surface area contributed by atoms with E-state index >= 15 is 0 Å². The summed E-state index contributed by atoms with van der Waals surface area (Å²) in [5, 5.41) is 11.8. The number of benzene rings is 1. The first-order chi connectivity index (χ1) is 10.1. The van der Waals surface area contributed by atoms with Crippen molar-refractivity contribution in [2.24, 2.45) is 0 Å². The van der Waals surface area contributed by atoms with Crippen LogP contribution < -0.4 is 5.32 Å². The standard InChI is InChI=1S/C15H12BrN3OS/c1-9-7-10(4-5-11(9)16)17-15(20)13-8-12(18-19-13)14-3-2-6-21-14/h2-8H,1H3,(H,17,20)(H,18,19). The molecule has 1 aromatic carbocycles. The molecule has 0 unspecified atom stereocenters. The second-order valence-electron chi connectivity index (χ2n) is 4.56. The average Bonchev–Trinajstić information content (AvgIpc) is 3.12. The summed E-state index contributed by atoms with van der Waals surface area (Å²) in [4.78, 5) is 13.2. The highest BCUT2D eigenvalue weighted by molar-refractivity contribution is 9.10. The Kier molecular flexibility index (Phi) is 3.90. The van der Waals surface area contributed by atoms with E-state index in [2.05, 4.69) is 31.4 Å². The van der Waals surface area contributed by atoms with Crippen LogP contribution in [0.4, 0.5) is 5.69 Å². The van der Waals surface area contributed by atoms with Gasteiger partial charge in [-0.1, -0.05) is 22.0 Å². The SMILES string of the molecule is Cc1cc(NC(=O)c2cc(-c3cccs3)[nH]n2)ccc1Br. The molecule has 21 heavy (non-hydrogen) atoms. The smallest absolute Gasteiger partial charge is 0.276 e. The molecule has 0 fully saturated rings. The number of amides is 1. The largest absolute Gasteiger partial charge is 0.321 e. The van der Waals surface area contributed by atoms with Gasteiger partial charge in [0, 0.05) is 10.2 Å². The van der Waals surface area contributed by atoms with Crippen molar-refractivity contribution in [1.82, 2.24) is 10.2 Å². The molecule has 0 atom stereocenters. The van der Waals surface area contributed by atoms with Gasteiger partial charge in [0.2, 0.25) is 0 Å². The van der Waals surface area contributed by atoms with Gasteiger partial charge in [0.25, 0.3) is 5.91 Å². The Morgan fingerprint density at radius 2 is 2.19 bits per heavy atom.